The van der Waals surface area contributed by atoms with Crippen molar-refractivity contribution in [3.63, 3.8) is 0 Å². The molecule has 0 fully saturated rings. The van der Waals surface area contributed by atoms with Gasteiger partial charge in [-0.05, 0) is 48.0 Å². The average molecular weight is 409 g/mol. The van der Waals surface area contributed by atoms with Crippen molar-refractivity contribution in [3.8, 4) is 11.5 Å². The first-order chi connectivity index (χ1) is 14.5. The largest absolute Gasteiger partial charge is 0.493 e. The SMILES string of the molecule is COc1cc(C[NH+](C)CC(=O)Nc2ccc(F)cc2)ccc1OCc1ccccc1. The third-order valence-electron chi connectivity index (χ3n) is 4.56. The number of methoxy groups -OCH3 is 1. The second kappa shape index (κ2) is 10.4. The molecular weight excluding hydrogens is 383 g/mol. The first-order valence-corrected chi connectivity index (χ1v) is 9.74. The van der Waals surface area contributed by atoms with E-state index in [2.05, 4.69) is 5.32 Å². The van der Waals surface area contributed by atoms with E-state index < -0.39 is 0 Å². The van der Waals surface area contributed by atoms with Crippen molar-refractivity contribution in [1.29, 1.82) is 0 Å². The maximum atomic E-state index is 13.0. The zero-order chi connectivity index (χ0) is 21.3. The number of halogens is 1. The summed E-state index contributed by atoms with van der Waals surface area (Å²) in [5.41, 5.74) is 2.70. The summed E-state index contributed by atoms with van der Waals surface area (Å²) in [5.74, 6) is 0.874. The van der Waals surface area contributed by atoms with Crippen LogP contribution in [0.2, 0.25) is 0 Å². The molecule has 0 aliphatic heterocycles. The van der Waals surface area contributed by atoms with Crippen LogP contribution in [0.5, 0.6) is 11.5 Å². The summed E-state index contributed by atoms with van der Waals surface area (Å²) in [6, 6.07) is 21.5. The van der Waals surface area contributed by atoms with Gasteiger partial charge < -0.3 is 19.7 Å². The Morgan fingerprint density at radius 1 is 0.967 bits per heavy atom. The minimum atomic E-state index is -0.333. The lowest BCUT2D eigenvalue weighted by Crippen LogP contribution is -3.08. The fourth-order valence-electron chi connectivity index (χ4n) is 3.10. The minimum Gasteiger partial charge on any atom is -0.493 e. The van der Waals surface area contributed by atoms with Crippen LogP contribution in [0.15, 0.2) is 72.8 Å². The number of carbonyl (C=O) groups is 1. The second-order valence-electron chi connectivity index (χ2n) is 7.13. The van der Waals surface area contributed by atoms with E-state index in [9.17, 15) is 9.18 Å². The van der Waals surface area contributed by atoms with E-state index in [0.29, 0.717) is 30.3 Å². The highest BCUT2D eigenvalue weighted by atomic mass is 19.1. The zero-order valence-electron chi connectivity index (χ0n) is 17.2. The molecule has 0 saturated carbocycles. The highest BCUT2D eigenvalue weighted by Crippen LogP contribution is 2.28. The lowest BCUT2D eigenvalue weighted by molar-refractivity contribution is -0.885. The lowest BCUT2D eigenvalue weighted by Gasteiger charge is -2.16. The van der Waals surface area contributed by atoms with Gasteiger partial charge in [-0.3, -0.25) is 4.79 Å². The summed E-state index contributed by atoms with van der Waals surface area (Å²) in [6.07, 6.45) is 0. The van der Waals surface area contributed by atoms with Crippen molar-refractivity contribution >= 4 is 11.6 Å². The Kier molecular flexibility index (Phi) is 7.40. The molecule has 3 aromatic carbocycles. The van der Waals surface area contributed by atoms with Gasteiger partial charge in [0.05, 0.1) is 14.2 Å². The van der Waals surface area contributed by atoms with Gasteiger partial charge in [0.2, 0.25) is 0 Å². The van der Waals surface area contributed by atoms with E-state index in [1.54, 1.807) is 19.2 Å². The summed E-state index contributed by atoms with van der Waals surface area (Å²) in [7, 11) is 3.55. The van der Waals surface area contributed by atoms with E-state index in [4.69, 9.17) is 9.47 Å². The monoisotopic (exact) mass is 409 g/mol. The number of carbonyl (C=O) groups excluding carboxylic acids is 1. The number of ether oxygens (including phenoxy) is 2. The number of hydrogen-bond acceptors (Lipinski definition) is 3. The van der Waals surface area contributed by atoms with Crippen LogP contribution in [0.1, 0.15) is 11.1 Å². The van der Waals surface area contributed by atoms with Gasteiger partial charge in [-0.25, -0.2) is 4.39 Å². The van der Waals surface area contributed by atoms with Crippen LogP contribution in [0, 0.1) is 5.82 Å². The van der Waals surface area contributed by atoms with Crippen molar-refractivity contribution in [2.75, 3.05) is 26.0 Å². The van der Waals surface area contributed by atoms with Crippen LogP contribution in [0.3, 0.4) is 0 Å². The number of likely N-dealkylation sites (N-methyl/N-ethyl adjacent to an activating group) is 1. The molecule has 1 amide bonds. The predicted molar refractivity (Wildman–Crippen MR) is 114 cm³/mol. The van der Waals surface area contributed by atoms with Gasteiger partial charge in [-0.2, -0.15) is 0 Å². The van der Waals surface area contributed by atoms with Crippen molar-refractivity contribution in [2.24, 2.45) is 0 Å². The molecule has 0 radical (unpaired) electrons. The van der Waals surface area contributed by atoms with Crippen LogP contribution in [-0.4, -0.2) is 26.6 Å². The Hall–Kier alpha value is -3.38. The number of hydrogen-bond donors (Lipinski definition) is 2. The minimum absolute atomic E-state index is 0.131. The third-order valence-corrected chi connectivity index (χ3v) is 4.56. The average Bonchev–Trinajstić information content (AvgIpc) is 2.75. The highest BCUT2D eigenvalue weighted by molar-refractivity contribution is 5.91. The van der Waals surface area contributed by atoms with Crippen LogP contribution in [0.25, 0.3) is 0 Å². The molecule has 2 N–H and O–H groups in total. The fraction of sp³-hybridized carbons (Fsp3) is 0.208. The Morgan fingerprint density at radius 2 is 1.70 bits per heavy atom. The van der Waals surface area contributed by atoms with Crippen molar-refractivity contribution in [1.82, 2.24) is 0 Å². The van der Waals surface area contributed by atoms with E-state index >= 15 is 0 Å². The molecule has 3 rings (SSSR count). The molecule has 0 aliphatic carbocycles. The first kappa shape index (κ1) is 21.3. The van der Waals surface area contributed by atoms with Crippen LogP contribution in [0.4, 0.5) is 10.1 Å². The molecule has 0 saturated heterocycles. The summed E-state index contributed by atoms with van der Waals surface area (Å²) < 4.78 is 24.3. The van der Waals surface area contributed by atoms with Gasteiger partial charge in [-0.1, -0.05) is 30.3 Å². The summed E-state index contributed by atoms with van der Waals surface area (Å²) in [6.45, 7) is 1.39. The van der Waals surface area contributed by atoms with Gasteiger partial charge >= 0.3 is 0 Å². The molecule has 156 valence electrons. The van der Waals surface area contributed by atoms with Crippen LogP contribution < -0.4 is 19.7 Å². The summed E-state index contributed by atoms with van der Waals surface area (Å²) in [5, 5.41) is 2.78. The molecule has 0 aliphatic rings. The summed E-state index contributed by atoms with van der Waals surface area (Å²) in [4.78, 5) is 13.2. The standard InChI is InChI=1S/C24H25FN2O3/c1-27(16-24(28)26-21-11-9-20(25)10-12-21)15-19-8-13-22(23(14-19)29-2)30-17-18-6-4-3-5-7-18/h3-14H,15-17H2,1-2H3,(H,26,28)/p+1. The molecular formula is C24H26FN2O3+. The number of anilines is 1. The van der Waals surface area contributed by atoms with Gasteiger partial charge in [0, 0.05) is 11.3 Å². The molecule has 3 aromatic rings. The second-order valence-corrected chi connectivity index (χ2v) is 7.13. The van der Waals surface area contributed by atoms with Crippen LogP contribution in [-0.2, 0) is 17.9 Å². The fourth-order valence-corrected chi connectivity index (χ4v) is 3.10. The topological polar surface area (TPSA) is 52.0 Å². The number of benzene rings is 3. The smallest absolute Gasteiger partial charge is 0.279 e. The van der Waals surface area contributed by atoms with E-state index in [0.717, 1.165) is 16.0 Å². The van der Waals surface area contributed by atoms with E-state index in [1.165, 1.54) is 12.1 Å². The molecule has 0 aromatic heterocycles. The molecule has 1 unspecified atom stereocenters. The van der Waals surface area contributed by atoms with Gasteiger partial charge in [0.1, 0.15) is 19.0 Å². The molecule has 0 bridgehead atoms. The Labute approximate surface area is 176 Å². The van der Waals surface area contributed by atoms with Crippen molar-refractivity contribution < 1.29 is 23.6 Å². The molecule has 0 spiro atoms. The number of quaternary nitrogens is 1. The molecule has 6 heteroatoms. The Balaban J connectivity index is 1.54. The van der Waals surface area contributed by atoms with E-state index in [-0.39, 0.29) is 18.3 Å². The highest BCUT2D eigenvalue weighted by Gasteiger charge is 2.13. The Morgan fingerprint density at radius 3 is 2.40 bits per heavy atom. The number of amides is 1. The summed E-state index contributed by atoms with van der Waals surface area (Å²) >= 11 is 0. The van der Waals surface area contributed by atoms with Gasteiger partial charge in [0.25, 0.3) is 5.91 Å². The third kappa shape index (κ3) is 6.32. The van der Waals surface area contributed by atoms with E-state index in [1.807, 2.05) is 55.6 Å². The zero-order valence-corrected chi connectivity index (χ0v) is 17.2. The van der Waals surface area contributed by atoms with Crippen molar-refractivity contribution in [2.45, 2.75) is 13.2 Å². The maximum absolute atomic E-state index is 13.0. The van der Waals surface area contributed by atoms with Gasteiger partial charge in [0.15, 0.2) is 18.0 Å². The first-order valence-electron chi connectivity index (χ1n) is 9.74. The quantitative estimate of drug-likeness (QED) is 0.571. The Bertz CT molecular complexity index is 962. The van der Waals surface area contributed by atoms with Crippen LogP contribution >= 0.6 is 0 Å². The molecule has 30 heavy (non-hydrogen) atoms. The predicted octanol–water partition coefficient (Wildman–Crippen LogP) is 3.07. The van der Waals surface area contributed by atoms with Gasteiger partial charge in [-0.15, -0.1) is 0 Å². The molecule has 0 heterocycles. The molecule has 5 nitrogen and oxygen atoms in total. The number of nitrogens with one attached hydrogen (secondary N) is 2. The normalized spacial score (nSPS) is 11.6. The van der Waals surface area contributed by atoms with Crippen molar-refractivity contribution in [3.05, 3.63) is 89.7 Å². The maximum Gasteiger partial charge on any atom is 0.279 e. The lowest BCUT2D eigenvalue weighted by atomic mass is 10.2. The number of rotatable bonds is 9. The molecule has 1 atom stereocenters.